The van der Waals surface area contributed by atoms with Crippen LogP contribution in [-0.4, -0.2) is 43.8 Å². The Balaban J connectivity index is 1.79. The first-order chi connectivity index (χ1) is 14.5. The lowest BCUT2D eigenvalue weighted by Crippen LogP contribution is -2.41. The van der Waals surface area contributed by atoms with Gasteiger partial charge in [-0.3, -0.25) is 0 Å². The number of phenols is 1. The molecule has 2 aromatic heterocycles. The van der Waals surface area contributed by atoms with Gasteiger partial charge >= 0.3 is 13.2 Å². The van der Waals surface area contributed by atoms with Crippen LogP contribution in [-0.2, 0) is 0 Å². The van der Waals surface area contributed by atoms with Crippen LogP contribution in [0.1, 0.15) is 31.4 Å². The summed E-state index contributed by atoms with van der Waals surface area (Å²) in [6.07, 6.45) is 2.22. The number of fused-ring (bicyclic) bond motifs is 1. The molecule has 0 bridgehead atoms. The van der Waals surface area contributed by atoms with Crippen LogP contribution in [0.3, 0.4) is 0 Å². The number of phenolic OH excluding ortho intramolecular Hbond substituents is 1. The highest BCUT2D eigenvalue weighted by Gasteiger charge is 2.40. The van der Waals surface area contributed by atoms with Crippen LogP contribution in [0.5, 0.6) is 17.2 Å². The molecule has 0 atom stereocenters. The van der Waals surface area contributed by atoms with Crippen LogP contribution >= 0.6 is 0 Å². The van der Waals surface area contributed by atoms with Crippen LogP contribution in [0.2, 0.25) is 0 Å². The van der Waals surface area contributed by atoms with Gasteiger partial charge in [0, 0.05) is 23.9 Å². The van der Waals surface area contributed by atoms with Gasteiger partial charge in [-0.05, 0) is 44.4 Å². The monoisotopic (exact) mass is 441 g/mol. The van der Waals surface area contributed by atoms with Gasteiger partial charge in [-0.2, -0.15) is 17.6 Å². The lowest BCUT2D eigenvalue weighted by molar-refractivity contribution is -0.0540. The van der Waals surface area contributed by atoms with E-state index in [-0.39, 0.29) is 45.6 Å². The Bertz CT molecular complexity index is 1100. The number of aromatic hydroxyl groups is 1. The lowest BCUT2D eigenvalue weighted by Gasteiger charge is -2.41. The van der Waals surface area contributed by atoms with Gasteiger partial charge in [0.15, 0.2) is 11.4 Å². The van der Waals surface area contributed by atoms with Crippen molar-refractivity contribution in [2.24, 2.45) is 0 Å². The molecular weight excluding hydrogens is 422 g/mol. The van der Waals surface area contributed by atoms with Gasteiger partial charge in [0.05, 0.1) is 16.7 Å². The van der Waals surface area contributed by atoms with Crippen LogP contribution in [0.4, 0.5) is 17.6 Å². The van der Waals surface area contributed by atoms with Gasteiger partial charge in [-0.1, -0.05) is 0 Å². The molecule has 1 aromatic carbocycles. The van der Waals surface area contributed by atoms with Gasteiger partial charge in [0.2, 0.25) is 0 Å². The maximum atomic E-state index is 13.0. The average Bonchev–Trinajstić information content (AvgIpc) is 2.95. The predicted molar refractivity (Wildman–Crippen MR) is 102 cm³/mol. The highest BCUT2D eigenvalue weighted by Crippen LogP contribution is 2.45. The molecule has 0 unspecified atom stereocenters. The molecule has 0 amide bonds. The molecule has 1 aliphatic carbocycles. The Labute approximate surface area is 173 Å². The summed E-state index contributed by atoms with van der Waals surface area (Å²) in [6, 6.07) is 3.58. The molecule has 0 radical (unpaired) electrons. The van der Waals surface area contributed by atoms with Crippen molar-refractivity contribution in [1.82, 2.24) is 14.8 Å². The predicted octanol–water partition coefficient (Wildman–Crippen LogP) is 4.40. The minimum Gasteiger partial charge on any atom is -0.507 e. The summed E-state index contributed by atoms with van der Waals surface area (Å²) in [4.78, 5) is 0. The molecule has 0 spiro atoms. The fraction of sp³-hybridized carbons (Fsp3) is 0.400. The number of hydrogen-bond acceptors (Lipinski definition) is 6. The Morgan fingerprint density at radius 1 is 1.10 bits per heavy atom. The molecular formula is C20H19F4N3O4. The van der Waals surface area contributed by atoms with Gasteiger partial charge in [0.1, 0.15) is 11.5 Å². The highest BCUT2D eigenvalue weighted by atomic mass is 19.3. The molecule has 7 nitrogen and oxygen atoms in total. The van der Waals surface area contributed by atoms with Crippen molar-refractivity contribution < 1.29 is 37.2 Å². The van der Waals surface area contributed by atoms with Crippen molar-refractivity contribution in [2.45, 2.75) is 51.6 Å². The largest absolute Gasteiger partial charge is 0.507 e. The highest BCUT2D eigenvalue weighted by molar-refractivity contribution is 5.88. The van der Waals surface area contributed by atoms with E-state index in [0.29, 0.717) is 18.4 Å². The molecule has 1 fully saturated rings. The number of hydrogen-bond donors (Lipinski definition) is 2. The Morgan fingerprint density at radius 3 is 2.35 bits per heavy atom. The van der Waals surface area contributed by atoms with Crippen molar-refractivity contribution in [1.29, 1.82) is 0 Å². The maximum Gasteiger partial charge on any atom is 0.387 e. The Hall–Kier alpha value is -3.08. The summed E-state index contributed by atoms with van der Waals surface area (Å²) in [5.74, 6) is -0.731. The van der Waals surface area contributed by atoms with Gasteiger partial charge in [-0.15, -0.1) is 10.2 Å². The second-order valence-electron chi connectivity index (χ2n) is 7.82. The number of benzene rings is 1. The van der Waals surface area contributed by atoms with Crippen molar-refractivity contribution in [3.05, 3.63) is 30.0 Å². The molecule has 4 rings (SSSR count). The zero-order valence-corrected chi connectivity index (χ0v) is 16.5. The minimum atomic E-state index is -3.07. The number of aromatic nitrogens is 3. The van der Waals surface area contributed by atoms with E-state index in [2.05, 4.69) is 19.7 Å². The fourth-order valence-corrected chi connectivity index (χ4v) is 4.00. The molecule has 31 heavy (non-hydrogen) atoms. The summed E-state index contributed by atoms with van der Waals surface area (Å²) < 4.78 is 61.4. The van der Waals surface area contributed by atoms with E-state index >= 15 is 0 Å². The first-order valence-corrected chi connectivity index (χ1v) is 9.38. The third kappa shape index (κ3) is 4.09. The third-order valence-corrected chi connectivity index (χ3v) is 5.27. The number of aryl methyl sites for hydroxylation is 1. The molecule has 3 aromatic rings. The van der Waals surface area contributed by atoms with E-state index in [0.717, 1.165) is 6.07 Å². The topological polar surface area (TPSA) is 89.6 Å². The molecule has 0 aliphatic heterocycles. The van der Waals surface area contributed by atoms with Gasteiger partial charge in [0.25, 0.3) is 0 Å². The van der Waals surface area contributed by atoms with E-state index < -0.39 is 18.8 Å². The van der Waals surface area contributed by atoms with Crippen LogP contribution in [0.25, 0.3) is 22.3 Å². The van der Waals surface area contributed by atoms with Crippen LogP contribution < -0.4 is 9.47 Å². The van der Waals surface area contributed by atoms with Gasteiger partial charge < -0.3 is 24.3 Å². The van der Waals surface area contributed by atoms with Crippen molar-refractivity contribution in [3.63, 3.8) is 0 Å². The van der Waals surface area contributed by atoms with Crippen LogP contribution in [0, 0.1) is 6.92 Å². The quantitative estimate of drug-likeness (QED) is 0.551. The number of ether oxygens (including phenoxy) is 2. The second-order valence-corrected chi connectivity index (χ2v) is 7.82. The fourth-order valence-electron chi connectivity index (χ4n) is 4.00. The SMILES string of the molecule is Cc1cc(OC(F)F)cc(O)c1-c1cc2c(OC(F)F)cn(C3CC(C)(O)C3)c2nn1. The van der Waals surface area contributed by atoms with Crippen molar-refractivity contribution in [2.75, 3.05) is 0 Å². The minimum absolute atomic E-state index is 0.123. The Morgan fingerprint density at radius 2 is 1.77 bits per heavy atom. The lowest BCUT2D eigenvalue weighted by atomic mass is 9.77. The standard InChI is InChI=1S/C20H19F4N3O4/c1-9-3-11(30-18(21)22)4-14(28)16(9)13-5-12-15(31-19(23)24)8-27(17(12)26-25-13)10-6-20(2,29)7-10/h3-5,8,10,18-19,28-29H,6-7H2,1-2H3. The number of nitrogens with zero attached hydrogens (tertiary/aromatic N) is 3. The number of aliphatic hydroxyl groups is 1. The number of rotatable bonds is 6. The molecule has 1 aliphatic rings. The zero-order chi connectivity index (χ0) is 22.5. The normalized spacial score (nSPS) is 21.0. The van der Waals surface area contributed by atoms with Crippen LogP contribution in [0.15, 0.2) is 24.4 Å². The van der Waals surface area contributed by atoms with E-state index in [1.54, 1.807) is 18.4 Å². The summed E-state index contributed by atoms with van der Waals surface area (Å²) >= 11 is 0. The van der Waals surface area contributed by atoms with Crippen molar-refractivity contribution >= 4 is 11.0 Å². The van der Waals surface area contributed by atoms with E-state index in [1.807, 2.05) is 0 Å². The molecule has 166 valence electrons. The zero-order valence-electron chi connectivity index (χ0n) is 16.5. The third-order valence-electron chi connectivity index (χ3n) is 5.27. The van der Waals surface area contributed by atoms with E-state index in [4.69, 9.17) is 0 Å². The van der Waals surface area contributed by atoms with E-state index in [9.17, 15) is 27.8 Å². The first-order valence-electron chi connectivity index (χ1n) is 9.38. The molecule has 0 saturated heterocycles. The first kappa shape index (κ1) is 21.2. The maximum absolute atomic E-state index is 13.0. The number of alkyl halides is 4. The summed E-state index contributed by atoms with van der Waals surface area (Å²) in [6.45, 7) is -2.89. The molecule has 2 heterocycles. The smallest absolute Gasteiger partial charge is 0.387 e. The Kier molecular flexibility index (Phi) is 5.16. The second kappa shape index (κ2) is 7.56. The molecule has 1 saturated carbocycles. The van der Waals surface area contributed by atoms with Gasteiger partial charge in [-0.25, -0.2) is 0 Å². The van der Waals surface area contributed by atoms with E-state index in [1.165, 1.54) is 18.3 Å². The molecule has 2 N–H and O–H groups in total. The van der Waals surface area contributed by atoms with Crippen molar-refractivity contribution in [3.8, 4) is 28.5 Å². The molecule has 11 heteroatoms. The summed E-state index contributed by atoms with van der Waals surface area (Å²) in [5.41, 5.74) is 0.148. The average molecular weight is 441 g/mol. The summed E-state index contributed by atoms with van der Waals surface area (Å²) in [5, 5.41) is 28.8. The number of halogens is 4. The summed E-state index contributed by atoms with van der Waals surface area (Å²) in [7, 11) is 0.